The lowest BCUT2D eigenvalue weighted by Crippen LogP contribution is -2.42. The molecule has 1 heterocycles. The molecule has 2 aliphatic rings. The maximum absolute atomic E-state index is 12.1. The van der Waals surface area contributed by atoms with Gasteiger partial charge in [0.05, 0.1) is 0 Å². The number of rotatable bonds is 2. The Morgan fingerprint density at radius 3 is 2.82 bits per heavy atom. The predicted molar refractivity (Wildman–Crippen MR) is 75.7 cm³/mol. The highest BCUT2D eigenvalue weighted by Gasteiger charge is 2.29. The van der Waals surface area contributed by atoms with Gasteiger partial charge in [-0.2, -0.15) is 11.8 Å². The van der Waals surface area contributed by atoms with E-state index in [0.717, 1.165) is 31.7 Å². The molecule has 5 heteroatoms. The molecule has 3 atom stereocenters. The van der Waals surface area contributed by atoms with Crippen LogP contribution in [-0.4, -0.2) is 40.9 Å². The number of nitrogens with two attached hydrogens (primary N) is 1. The van der Waals surface area contributed by atoms with Crippen LogP contribution in [0.3, 0.4) is 0 Å². The first-order chi connectivity index (χ1) is 7.66. The van der Waals surface area contributed by atoms with Crippen LogP contribution in [0.25, 0.3) is 0 Å². The number of nitrogens with zero attached hydrogens (tertiary/aromatic N) is 1. The van der Waals surface area contributed by atoms with E-state index in [1.807, 2.05) is 16.7 Å². The monoisotopic (exact) mass is 278 g/mol. The van der Waals surface area contributed by atoms with Gasteiger partial charge in [-0.25, -0.2) is 0 Å². The molecule has 1 aliphatic carbocycles. The summed E-state index contributed by atoms with van der Waals surface area (Å²) in [5, 5.41) is 0.593. The number of carbonyl (C=O) groups excluding carboxylic acids is 1. The van der Waals surface area contributed by atoms with E-state index in [1.54, 1.807) is 0 Å². The van der Waals surface area contributed by atoms with E-state index in [0.29, 0.717) is 23.5 Å². The smallest absolute Gasteiger partial charge is 0.222 e. The van der Waals surface area contributed by atoms with Crippen molar-refractivity contribution in [2.24, 2.45) is 11.7 Å². The Bertz CT molecular complexity index is 265. The second-order valence-corrected chi connectivity index (χ2v) is 6.63. The van der Waals surface area contributed by atoms with Crippen molar-refractivity contribution in [3.05, 3.63) is 0 Å². The van der Waals surface area contributed by atoms with Crippen LogP contribution in [0.5, 0.6) is 0 Å². The van der Waals surface area contributed by atoms with Crippen molar-refractivity contribution in [3.8, 4) is 0 Å². The highest BCUT2D eigenvalue weighted by Crippen LogP contribution is 2.28. The molecule has 2 fully saturated rings. The van der Waals surface area contributed by atoms with Crippen LogP contribution in [0.4, 0.5) is 0 Å². The van der Waals surface area contributed by atoms with Crippen LogP contribution in [0.2, 0.25) is 0 Å². The Labute approximate surface area is 114 Å². The molecule has 100 valence electrons. The van der Waals surface area contributed by atoms with Crippen LogP contribution < -0.4 is 5.73 Å². The molecule has 0 bridgehead atoms. The van der Waals surface area contributed by atoms with Gasteiger partial charge >= 0.3 is 0 Å². The van der Waals surface area contributed by atoms with Crippen LogP contribution in [0.15, 0.2) is 0 Å². The van der Waals surface area contributed by atoms with Crippen molar-refractivity contribution < 1.29 is 4.79 Å². The van der Waals surface area contributed by atoms with E-state index in [2.05, 4.69) is 6.92 Å². The molecule has 1 saturated carbocycles. The van der Waals surface area contributed by atoms with Gasteiger partial charge in [0, 0.05) is 36.6 Å². The fraction of sp³-hybridized carbons (Fsp3) is 0.917. The lowest BCUT2D eigenvalue weighted by atomic mass is 9.99. The summed E-state index contributed by atoms with van der Waals surface area (Å²) in [6.07, 6.45) is 4.12. The molecule has 0 radical (unpaired) electrons. The van der Waals surface area contributed by atoms with Gasteiger partial charge in [-0.1, -0.05) is 13.3 Å². The summed E-state index contributed by atoms with van der Waals surface area (Å²) in [6, 6.07) is 0.264. The molecule has 1 aliphatic heterocycles. The summed E-state index contributed by atoms with van der Waals surface area (Å²) in [7, 11) is 0. The van der Waals surface area contributed by atoms with Crippen molar-refractivity contribution >= 4 is 30.1 Å². The van der Waals surface area contributed by atoms with Crippen molar-refractivity contribution in [3.63, 3.8) is 0 Å². The molecule has 1 amide bonds. The van der Waals surface area contributed by atoms with Crippen LogP contribution in [-0.2, 0) is 4.79 Å². The summed E-state index contributed by atoms with van der Waals surface area (Å²) in [5.74, 6) is 1.86. The summed E-state index contributed by atoms with van der Waals surface area (Å²) in [5.41, 5.74) is 6.01. The van der Waals surface area contributed by atoms with Crippen molar-refractivity contribution in [1.29, 1.82) is 0 Å². The largest absolute Gasteiger partial charge is 0.341 e. The number of carbonyl (C=O) groups is 1. The summed E-state index contributed by atoms with van der Waals surface area (Å²) in [4.78, 5) is 14.1. The molecule has 3 nitrogen and oxygen atoms in total. The predicted octanol–water partition coefficient (Wildman–Crippen LogP) is 1.89. The Morgan fingerprint density at radius 1 is 1.47 bits per heavy atom. The fourth-order valence-electron chi connectivity index (χ4n) is 2.72. The SMILES string of the molecule is CC1CN(C(=O)C[C@@H]2CCC[C@H]2N)CCS1.Cl. The molecule has 0 aromatic rings. The number of amides is 1. The second-order valence-electron chi connectivity index (χ2n) is 5.08. The van der Waals surface area contributed by atoms with E-state index >= 15 is 0 Å². The van der Waals surface area contributed by atoms with Gasteiger partial charge in [0.2, 0.25) is 5.91 Å². The van der Waals surface area contributed by atoms with E-state index in [-0.39, 0.29) is 18.4 Å². The number of halogens is 1. The van der Waals surface area contributed by atoms with Crippen molar-refractivity contribution in [1.82, 2.24) is 4.90 Å². The first-order valence-electron chi connectivity index (χ1n) is 6.32. The maximum atomic E-state index is 12.1. The molecule has 17 heavy (non-hydrogen) atoms. The molecule has 0 aromatic carbocycles. The highest BCUT2D eigenvalue weighted by atomic mass is 35.5. The van der Waals surface area contributed by atoms with Crippen molar-refractivity contribution in [2.45, 2.75) is 43.9 Å². The van der Waals surface area contributed by atoms with Crippen LogP contribution in [0, 0.1) is 5.92 Å². The standard InChI is InChI=1S/C12H22N2OS.ClH/c1-9-8-14(5-6-16-9)12(15)7-10-3-2-4-11(10)13;/h9-11H,2-8,13H2,1H3;1H/t9?,10-,11+;/m0./s1. The summed E-state index contributed by atoms with van der Waals surface area (Å²) in [6.45, 7) is 4.05. The molecule has 2 N–H and O–H groups in total. The van der Waals surface area contributed by atoms with E-state index in [1.165, 1.54) is 6.42 Å². The van der Waals surface area contributed by atoms with E-state index < -0.39 is 0 Å². The average Bonchev–Trinajstić information content (AvgIpc) is 2.64. The lowest BCUT2D eigenvalue weighted by Gasteiger charge is -2.31. The fourth-order valence-corrected chi connectivity index (χ4v) is 3.73. The highest BCUT2D eigenvalue weighted by molar-refractivity contribution is 7.99. The Morgan fingerprint density at radius 2 is 2.24 bits per heavy atom. The molecule has 0 spiro atoms. The Hall–Kier alpha value is 0.0700. The minimum Gasteiger partial charge on any atom is -0.341 e. The van der Waals surface area contributed by atoms with E-state index in [9.17, 15) is 4.79 Å². The zero-order valence-corrected chi connectivity index (χ0v) is 12.1. The summed E-state index contributed by atoms with van der Waals surface area (Å²) < 4.78 is 0. The second kappa shape index (κ2) is 6.86. The number of thioether (sulfide) groups is 1. The quantitative estimate of drug-likeness (QED) is 0.839. The minimum atomic E-state index is 0. The first kappa shape index (κ1) is 15.1. The number of hydrogen-bond acceptors (Lipinski definition) is 3. The van der Waals surface area contributed by atoms with Crippen molar-refractivity contribution in [2.75, 3.05) is 18.8 Å². The Balaban J connectivity index is 0.00000144. The molecular weight excluding hydrogens is 256 g/mol. The van der Waals surface area contributed by atoms with Crippen LogP contribution in [0.1, 0.15) is 32.6 Å². The molecular formula is C12H23ClN2OS. The maximum Gasteiger partial charge on any atom is 0.222 e. The molecule has 1 unspecified atom stereocenters. The van der Waals surface area contributed by atoms with Gasteiger partial charge in [0.25, 0.3) is 0 Å². The van der Waals surface area contributed by atoms with Crippen LogP contribution >= 0.6 is 24.2 Å². The first-order valence-corrected chi connectivity index (χ1v) is 7.36. The summed E-state index contributed by atoms with van der Waals surface area (Å²) >= 11 is 1.96. The molecule has 0 aromatic heterocycles. The minimum absolute atomic E-state index is 0. The number of hydrogen-bond donors (Lipinski definition) is 1. The van der Waals surface area contributed by atoms with Gasteiger partial charge in [0.15, 0.2) is 0 Å². The third kappa shape index (κ3) is 4.04. The topological polar surface area (TPSA) is 46.3 Å². The van der Waals surface area contributed by atoms with Gasteiger partial charge in [-0.05, 0) is 18.8 Å². The van der Waals surface area contributed by atoms with E-state index in [4.69, 9.17) is 5.73 Å². The average molecular weight is 279 g/mol. The molecule has 2 rings (SSSR count). The van der Waals surface area contributed by atoms with Gasteiger partial charge < -0.3 is 10.6 Å². The zero-order chi connectivity index (χ0) is 11.5. The van der Waals surface area contributed by atoms with Gasteiger partial charge in [-0.3, -0.25) is 4.79 Å². The third-order valence-electron chi connectivity index (χ3n) is 3.75. The third-order valence-corrected chi connectivity index (χ3v) is 4.88. The Kier molecular flexibility index (Phi) is 6.10. The zero-order valence-electron chi connectivity index (χ0n) is 10.4. The normalized spacial score (nSPS) is 33.3. The lowest BCUT2D eigenvalue weighted by molar-refractivity contribution is -0.132. The van der Waals surface area contributed by atoms with Gasteiger partial charge in [0.1, 0.15) is 0 Å². The molecule has 1 saturated heterocycles. The van der Waals surface area contributed by atoms with Gasteiger partial charge in [-0.15, -0.1) is 12.4 Å².